The molecule has 2 nitrogen and oxygen atoms in total. The molecule has 3 atom stereocenters. The van der Waals surface area contributed by atoms with Gasteiger partial charge < -0.3 is 9.47 Å². The number of rotatable bonds is 3. The van der Waals surface area contributed by atoms with E-state index in [4.69, 9.17) is 9.47 Å². The summed E-state index contributed by atoms with van der Waals surface area (Å²) in [5, 5.41) is -0.598. The first-order chi connectivity index (χ1) is 10.9. The number of ether oxygens (including phenoxy) is 2. The third-order valence-corrected chi connectivity index (χ3v) is 6.50. The largest absolute Gasteiger partial charge is 0.337 e. The number of benzene rings is 1. The lowest BCUT2D eigenvalue weighted by Crippen LogP contribution is -2.51. The molecule has 0 spiro atoms. The van der Waals surface area contributed by atoms with Gasteiger partial charge in [0.2, 0.25) is 5.12 Å². The topological polar surface area (TPSA) is 18.5 Å². The molecule has 3 aliphatic heterocycles. The Kier molecular flexibility index (Phi) is 4.94. The van der Waals surface area contributed by atoms with Crippen molar-refractivity contribution in [3.05, 3.63) is 35.4 Å². The normalized spacial score (nSPS) is 29.9. The second-order valence-electron chi connectivity index (χ2n) is 7.46. The van der Waals surface area contributed by atoms with Gasteiger partial charge in [0.15, 0.2) is 0 Å². The Morgan fingerprint density at radius 2 is 2.00 bits per heavy atom. The molecular formula is C19H26O2SSi. The summed E-state index contributed by atoms with van der Waals surface area (Å²) in [7, 11) is -1.33. The molecule has 0 amide bonds. The zero-order valence-electron chi connectivity index (χ0n) is 14.5. The summed E-state index contributed by atoms with van der Waals surface area (Å²) in [5.74, 6) is 4.98. The lowest BCUT2D eigenvalue weighted by Gasteiger charge is -2.49. The van der Waals surface area contributed by atoms with Crippen LogP contribution in [-0.2, 0) is 14.6 Å². The molecule has 3 saturated heterocycles. The molecule has 1 aromatic carbocycles. The van der Waals surface area contributed by atoms with Crippen molar-refractivity contribution in [2.75, 3.05) is 12.4 Å². The maximum atomic E-state index is 6.37. The molecule has 3 aliphatic rings. The Morgan fingerprint density at radius 3 is 2.57 bits per heavy atom. The Balaban J connectivity index is 1.79. The second-order valence-corrected chi connectivity index (χ2v) is 13.4. The average Bonchev–Trinajstić information content (AvgIpc) is 2.54. The van der Waals surface area contributed by atoms with Gasteiger partial charge in [0.25, 0.3) is 0 Å². The quantitative estimate of drug-likeness (QED) is 0.588. The number of hydrogen-bond donors (Lipinski definition) is 0. The van der Waals surface area contributed by atoms with Crippen LogP contribution in [0.1, 0.15) is 30.9 Å². The molecule has 23 heavy (non-hydrogen) atoms. The van der Waals surface area contributed by atoms with Gasteiger partial charge in [0, 0.05) is 22.8 Å². The van der Waals surface area contributed by atoms with Gasteiger partial charge in [-0.3, -0.25) is 0 Å². The van der Waals surface area contributed by atoms with Gasteiger partial charge in [-0.05, 0) is 18.6 Å². The second kappa shape index (κ2) is 6.64. The van der Waals surface area contributed by atoms with Crippen molar-refractivity contribution in [1.82, 2.24) is 0 Å². The van der Waals surface area contributed by atoms with E-state index in [0.29, 0.717) is 12.0 Å². The van der Waals surface area contributed by atoms with Crippen molar-refractivity contribution in [2.45, 2.75) is 50.6 Å². The smallest absolute Gasteiger partial charge is 0.246 e. The summed E-state index contributed by atoms with van der Waals surface area (Å²) in [5.41, 5.74) is 5.60. The molecule has 0 N–H and O–H groups in total. The van der Waals surface area contributed by atoms with Crippen molar-refractivity contribution < 1.29 is 9.47 Å². The molecule has 3 unspecified atom stereocenters. The standard InChI is InChI=1S/C19H26O2SSi/c1-5-6-18-16-13-20-19(21-18,22-14-16)17-9-7-15(8-10-17)11-12-23(2,3)4/h7-10,16,18H,5-6,13-14H2,1-4H3. The van der Waals surface area contributed by atoms with Crippen LogP contribution in [0.25, 0.3) is 0 Å². The third kappa shape index (κ3) is 3.85. The minimum atomic E-state index is -1.33. The van der Waals surface area contributed by atoms with E-state index in [-0.39, 0.29) is 0 Å². The Hall–Kier alpha value is -0.733. The van der Waals surface area contributed by atoms with Gasteiger partial charge in [0.05, 0.1) is 12.7 Å². The summed E-state index contributed by atoms with van der Waals surface area (Å²) in [6, 6.07) is 8.44. The highest BCUT2D eigenvalue weighted by atomic mass is 32.2. The van der Waals surface area contributed by atoms with Crippen molar-refractivity contribution in [1.29, 1.82) is 0 Å². The van der Waals surface area contributed by atoms with E-state index in [1.54, 1.807) is 11.8 Å². The van der Waals surface area contributed by atoms with Crippen LogP contribution in [0, 0.1) is 17.4 Å². The van der Waals surface area contributed by atoms with E-state index >= 15 is 0 Å². The Labute approximate surface area is 145 Å². The van der Waals surface area contributed by atoms with Gasteiger partial charge in [-0.1, -0.05) is 62.8 Å². The lowest BCUT2D eigenvalue weighted by atomic mass is 9.99. The average molecular weight is 347 g/mol. The molecule has 2 bridgehead atoms. The highest BCUT2D eigenvalue weighted by molar-refractivity contribution is 8.00. The van der Waals surface area contributed by atoms with Crippen LogP contribution in [0.5, 0.6) is 0 Å². The fourth-order valence-electron chi connectivity index (χ4n) is 2.93. The van der Waals surface area contributed by atoms with E-state index in [2.05, 4.69) is 62.3 Å². The number of thioether (sulfide) groups is 1. The van der Waals surface area contributed by atoms with E-state index in [1.165, 1.54) is 0 Å². The SMILES string of the molecule is CCCC1OC2(c3ccc(C#C[Si](C)(C)C)cc3)OCC1CS2. The summed E-state index contributed by atoms with van der Waals surface area (Å²) >= 11 is 1.79. The Bertz CT molecular complexity index is 601. The highest BCUT2D eigenvalue weighted by Crippen LogP contribution is 2.51. The predicted octanol–water partition coefficient (Wildman–Crippen LogP) is 4.60. The van der Waals surface area contributed by atoms with Crippen molar-refractivity contribution in [2.24, 2.45) is 5.92 Å². The number of hydrogen-bond acceptors (Lipinski definition) is 3. The van der Waals surface area contributed by atoms with Crippen LogP contribution in [-0.4, -0.2) is 26.5 Å². The predicted molar refractivity (Wildman–Crippen MR) is 100 cm³/mol. The van der Waals surface area contributed by atoms with Crippen LogP contribution in [0.3, 0.4) is 0 Å². The minimum Gasteiger partial charge on any atom is -0.337 e. The van der Waals surface area contributed by atoms with Crippen LogP contribution >= 0.6 is 11.8 Å². The van der Waals surface area contributed by atoms with Gasteiger partial charge in [-0.2, -0.15) is 0 Å². The van der Waals surface area contributed by atoms with Crippen molar-refractivity contribution in [3.63, 3.8) is 0 Å². The van der Waals surface area contributed by atoms with E-state index in [1.807, 2.05) is 0 Å². The van der Waals surface area contributed by atoms with Crippen molar-refractivity contribution in [3.8, 4) is 11.5 Å². The molecule has 4 rings (SSSR count). The van der Waals surface area contributed by atoms with E-state index in [9.17, 15) is 0 Å². The van der Waals surface area contributed by atoms with Gasteiger partial charge >= 0.3 is 0 Å². The van der Waals surface area contributed by atoms with E-state index < -0.39 is 13.2 Å². The molecule has 0 aromatic heterocycles. The zero-order valence-corrected chi connectivity index (χ0v) is 16.3. The van der Waals surface area contributed by atoms with Gasteiger partial charge in [0.1, 0.15) is 8.07 Å². The summed E-state index contributed by atoms with van der Waals surface area (Å²) in [6.45, 7) is 9.83. The van der Waals surface area contributed by atoms with Crippen LogP contribution in [0.2, 0.25) is 19.6 Å². The zero-order chi connectivity index (χ0) is 16.5. The van der Waals surface area contributed by atoms with Crippen LogP contribution < -0.4 is 0 Å². The van der Waals surface area contributed by atoms with Gasteiger partial charge in [-0.25, -0.2) is 0 Å². The maximum Gasteiger partial charge on any atom is 0.246 e. The number of fused-ring (bicyclic) bond motifs is 3. The first kappa shape index (κ1) is 17.1. The Morgan fingerprint density at radius 1 is 1.26 bits per heavy atom. The monoisotopic (exact) mass is 346 g/mol. The fourth-order valence-corrected chi connectivity index (χ4v) is 4.84. The minimum absolute atomic E-state index is 0.335. The molecule has 124 valence electrons. The molecule has 0 aliphatic carbocycles. The molecule has 3 fully saturated rings. The summed E-state index contributed by atoms with van der Waals surface area (Å²) in [6.07, 6.45) is 2.62. The fraction of sp³-hybridized carbons (Fsp3) is 0.579. The third-order valence-electron chi connectivity index (χ3n) is 4.20. The van der Waals surface area contributed by atoms with Crippen LogP contribution in [0.15, 0.2) is 24.3 Å². The molecule has 0 radical (unpaired) electrons. The summed E-state index contributed by atoms with van der Waals surface area (Å²) < 4.78 is 12.5. The highest BCUT2D eigenvalue weighted by Gasteiger charge is 2.49. The maximum absolute atomic E-state index is 6.37. The molecule has 3 heterocycles. The summed E-state index contributed by atoms with van der Waals surface area (Å²) in [4.78, 5) is 0. The van der Waals surface area contributed by atoms with Crippen molar-refractivity contribution >= 4 is 19.8 Å². The molecule has 0 saturated carbocycles. The molecule has 4 heteroatoms. The van der Waals surface area contributed by atoms with E-state index in [0.717, 1.165) is 36.3 Å². The van der Waals surface area contributed by atoms with Crippen LogP contribution in [0.4, 0.5) is 0 Å². The van der Waals surface area contributed by atoms with Gasteiger partial charge in [-0.15, -0.1) is 5.54 Å². The molecular weight excluding hydrogens is 320 g/mol. The first-order valence-electron chi connectivity index (χ1n) is 8.51. The lowest BCUT2D eigenvalue weighted by molar-refractivity contribution is -0.273. The first-order valence-corrected chi connectivity index (χ1v) is 13.0. The molecule has 1 aromatic rings.